The normalized spacial score (nSPS) is 19.3. The van der Waals surface area contributed by atoms with Gasteiger partial charge in [0.2, 0.25) is 5.91 Å². The van der Waals surface area contributed by atoms with Crippen LogP contribution in [0.4, 0.5) is 0 Å². The molecule has 2 rings (SSSR count). The van der Waals surface area contributed by atoms with E-state index < -0.39 is 5.41 Å². The Balaban J connectivity index is 2.34. The molecule has 1 aliphatic heterocycles. The number of nitrogens with one attached hydrogen (secondary N) is 1. The van der Waals surface area contributed by atoms with Gasteiger partial charge in [0.05, 0.1) is 5.41 Å². The first-order valence-corrected chi connectivity index (χ1v) is 7.99. The van der Waals surface area contributed by atoms with E-state index in [1.54, 1.807) is 0 Å². The Bertz CT molecular complexity index is 495. The first-order valence-electron chi connectivity index (χ1n) is 7.61. The SMILES string of the molecule is CC(C)[C@@H](C)NC(=O)C1(c2ccccc2Cl)CCOCC1. The molecule has 0 aliphatic carbocycles. The smallest absolute Gasteiger partial charge is 0.231 e. The number of rotatable bonds is 4. The summed E-state index contributed by atoms with van der Waals surface area (Å²) in [6, 6.07) is 7.80. The summed E-state index contributed by atoms with van der Waals surface area (Å²) in [5.74, 6) is 0.470. The van der Waals surface area contributed by atoms with Crippen molar-refractivity contribution < 1.29 is 9.53 Å². The Morgan fingerprint density at radius 2 is 1.86 bits per heavy atom. The molecule has 1 aliphatic rings. The molecular weight excluding hydrogens is 286 g/mol. The number of carbonyl (C=O) groups is 1. The molecule has 1 saturated heterocycles. The molecular formula is C17H24ClNO2. The van der Waals surface area contributed by atoms with Crippen molar-refractivity contribution in [2.24, 2.45) is 5.92 Å². The summed E-state index contributed by atoms with van der Waals surface area (Å²) in [4.78, 5) is 13.0. The largest absolute Gasteiger partial charge is 0.381 e. The van der Waals surface area contributed by atoms with Crippen molar-refractivity contribution in [2.45, 2.75) is 45.1 Å². The van der Waals surface area contributed by atoms with Crippen LogP contribution < -0.4 is 5.32 Å². The molecule has 0 aromatic heterocycles. The number of halogens is 1. The predicted molar refractivity (Wildman–Crippen MR) is 85.6 cm³/mol. The molecule has 1 heterocycles. The Morgan fingerprint density at radius 3 is 2.43 bits per heavy atom. The van der Waals surface area contributed by atoms with Crippen molar-refractivity contribution in [2.75, 3.05) is 13.2 Å². The maximum Gasteiger partial charge on any atom is 0.231 e. The Hall–Kier alpha value is -1.06. The van der Waals surface area contributed by atoms with Crippen molar-refractivity contribution in [3.63, 3.8) is 0 Å². The lowest BCUT2D eigenvalue weighted by molar-refractivity contribution is -0.131. The fourth-order valence-corrected chi connectivity index (χ4v) is 3.02. The highest BCUT2D eigenvalue weighted by atomic mass is 35.5. The lowest BCUT2D eigenvalue weighted by Crippen LogP contribution is -2.51. The first kappa shape index (κ1) is 16.3. The molecule has 1 aromatic rings. The number of benzene rings is 1. The molecule has 1 aromatic carbocycles. The van der Waals surface area contributed by atoms with Crippen molar-refractivity contribution in [1.29, 1.82) is 0 Å². The summed E-state index contributed by atoms with van der Waals surface area (Å²) in [6.07, 6.45) is 1.35. The van der Waals surface area contributed by atoms with Crippen LogP contribution in [-0.2, 0) is 14.9 Å². The van der Waals surface area contributed by atoms with Gasteiger partial charge in [-0.1, -0.05) is 43.6 Å². The van der Waals surface area contributed by atoms with Crippen LogP contribution in [0.1, 0.15) is 39.2 Å². The van der Waals surface area contributed by atoms with Gasteiger partial charge in [-0.15, -0.1) is 0 Å². The van der Waals surface area contributed by atoms with E-state index in [0.29, 0.717) is 37.0 Å². The van der Waals surface area contributed by atoms with Crippen molar-refractivity contribution in [3.8, 4) is 0 Å². The monoisotopic (exact) mass is 309 g/mol. The molecule has 4 heteroatoms. The molecule has 21 heavy (non-hydrogen) atoms. The van der Waals surface area contributed by atoms with Crippen LogP contribution in [0.2, 0.25) is 5.02 Å². The van der Waals surface area contributed by atoms with E-state index in [1.807, 2.05) is 31.2 Å². The number of hydrogen-bond donors (Lipinski definition) is 1. The van der Waals surface area contributed by atoms with E-state index in [-0.39, 0.29) is 11.9 Å². The van der Waals surface area contributed by atoms with Gasteiger partial charge in [-0.25, -0.2) is 0 Å². The second-order valence-corrected chi connectivity index (χ2v) is 6.59. The zero-order chi connectivity index (χ0) is 15.5. The van der Waals surface area contributed by atoms with Gasteiger partial charge in [-0.3, -0.25) is 4.79 Å². The summed E-state index contributed by atoms with van der Waals surface area (Å²) in [6.45, 7) is 7.44. The van der Waals surface area contributed by atoms with E-state index in [1.165, 1.54) is 0 Å². The van der Waals surface area contributed by atoms with Gasteiger partial charge in [0.25, 0.3) is 0 Å². The van der Waals surface area contributed by atoms with E-state index >= 15 is 0 Å². The molecule has 0 spiro atoms. The topological polar surface area (TPSA) is 38.3 Å². The third-order valence-corrected chi connectivity index (χ3v) is 4.86. The van der Waals surface area contributed by atoms with Crippen molar-refractivity contribution >= 4 is 17.5 Å². The van der Waals surface area contributed by atoms with Gasteiger partial charge in [-0.2, -0.15) is 0 Å². The molecule has 0 saturated carbocycles. The van der Waals surface area contributed by atoms with E-state index in [4.69, 9.17) is 16.3 Å². The molecule has 3 nitrogen and oxygen atoms in total. The molecule has 1 N–H and O–H groups in total. The first-order chi connectivity index (χ1) is 9.97. The summed E-state index contributed by atoms with van der Waals surface area (Å²) < 4.78 is 5.47. The highest BCUT2D eigenvalue weighted by molar-refractivity contribution is 6.31. The number of ether oxygens (including phenoxy) is 1. The lowest BCUT2D eigenvalue weighted by Gasteiger charge is -2.38. The standard InChI is InChI=1S/C17H24ClNO2/c1-12(2)13(3)19-16(20)17(8-10-21-11-9-17)14-6-4-5-7-15(14)18/h4-7,12-13H,8-11H2,1-3H3,(H,19,20)/t13-/m1/s1. The predicted octanol–water partition coefficient (Wildman–Crippen LogP) is 3.55. The average molecular weight is 310 g/mol. The second kappa shape index (κ2) is 6.80. The minimum Gasteiger partial charge on any atom is -0.381 e. The fraction of sp³-hybridized carbons (Fsp3) is 0.588. The van der Waals surface area contributed by atoms with Gasteiger partial charge < -0.3 is 10.1 Å². The average Bonchev–Trinajstić information content (AvgIpc) is 2.48. The third-order valence-electron chi connectivity index (χ3n) is 4.53. The number of amides is 1. The van der Waals surface area contributed by atoms with Crippen LogP contribution in [0.15, 0.2) is 24.3 Å². The van der Waals surface area contributed by atoms with Crippen LogP contribution in [0.3, 0.4) is 0 Å². The molecule has 0 radical (unpaired) electrons. The minimum absolute atomic E-state index is 0.0695. The Morgan fingerprint density at radius 1 is 1.24 bits per heavy atom. The minimum atomic E-state index is -0.570. The molecule has 1 fully saturated rings. The number of carbonyl (C=O) groups excluding carboxylic acids is 1. The molecule has 1 amide bonds. The highest BCUT2D eigenvalue weighted by Crippen LogP contribution is 2.39. The maximum atomic E-state index is 13.0. The Kier molecular flexibility index (Phi) is 5.28. The summed E-state index contributed by atoms with van der Waals surface area (Å²) in [5.41, 5.74) is 0.350. The van der Waals surface area contributed by atoms with Gasteiger partial charge >= 0.3 is 0 Å². The molecule has 1 atom stereocenters. The lowest BCUT2D eigenvalue weighted by atomic mass is 9.73. The zero-order valence-corrected chi connectivity index (χ0v) is 13.7. The summed E-state index contributed by atoms with van der Waals surface area (Å²) >= 11 is 6.37. The van der Waals surface area contributed by atoms with Crippen LogP contribution in [-0.4, -0.2) is 25.2 Å². The fourth-order valence-electron chi connectivity index (χ4n) is 2.70. The van der Waals surface area contributed by atoms with Crippen LogP contribution in [0, 0.1) is 5.92 Å². The molecule has 116 valence electrons. The van der Waals surface area contributed by atoms with Crippen molar-refractivity contribution in [1.82, 2.24) is 5.32 Å². The van der Waals surface area contributed by atoms with Gasteiger partial charge in [0, 0.05) is 24.3 Å². The quantitative estimate of drug-likeness (QED) is 0.923. The van der Waals surface area contributed by atoms with E-state index in [9.17, 15) is 4.79 Å². The molecule has 0 bridgehead atoms. The second-order valence-electron chi connectivity index (χ2n) is 6.18. The van der Waals surface area contributed by atoms with E-state index in [0.717, 1.165) is 5.56 Å². The van der Waals surface area contributed by atoms with Crippen LogP contribution >= 0.6 is 11.6 Å². The van der Waals surface area contributed by atoms with Crippen LogP contribution in [0.5, 0.6) is 0 Å². The maximum absolute atomic E-state index is 13.0. The summed E-state index contributed by atoms with van der Waals surface area (Å²) in [5, 5.41) is 3.82. The highest BCUT2D eigenvalue weighted by Gasteiger charge is 2.43. The van der Waals surface area contributed by atoms with Crippen LogP contribution in [0.25, 0.3) is 0 Å². The van der Waals surface area contributed by atoms with Gasteiger partial charge in [0.1, 0.15) is 0 Å². The van der Waals surface area contributed by atoms with Gasteiger partial charge in [-0.05, 0) is 37.3 Å². The zero-order valence-electron chi connectivity index (χ0n) is 13.0. The Labute approximate surface area is 132 Å². The third kappa shape index (κ3) is 3.41. The molecule has 0 unspecified atom stereocenters. The van der Waals surface area contributed by atoms with Crippen molar-refractivity contribution in [3.05, 3.63) is 34.9 Å². The number of hydrogen-bond acceptors (Lipinski definition) is 2. The van der Waals surface area contributed by atoms with E-state index in [2.05, 4.69) is 19.2 Å². The van der Waals surface area contributed by atoms with Gasteiger partial charge in [0.15, 0.2) is 0 Å². The summed E-state index contributed by atoms with van der Waals surface area (Å²) in [7, 11) is 0.